The minimum Gasteiger partial charge on any atom is -0.394 e. The van der Waals surface area contributed by atoms with E-state index in [1.165, 1.54) is 17.0 Å². The second kappa shape index (κ2) is 8.14. The first-order valence-electron chi connectivity index (χ1n) is 6.52. The zero-order chi connectivity index (χ0) is 15.1. The van der Waals surface area contributed by atoms with E-state index in [1.54, 1.807) is 21.1 Å². The lowest BCUT2D eigenvalue weighted by Crippen LogP contribution is -2.33. The van der Waals surface area contributed by atoms with Crippen LogP contribution in [0.5, 0.6) is 0 Å². The molecule has 6 heteroatoms. The number of methoxy groups -OCH3 is 1. The van der Waals surface area contributed by atoms with E-state index in [1.807, 2.05) is 0 Å². The number of anilines is 1. The first-order valence-corrected chi connectivity index (χ1v) is 6.52. The Balaban J connectivity index is 2.81. The molecule has 20 heavy (non-hydrogen) atoms. The Kier molecular flexibility index (Phi) is 6.84. The smallest absolute Gasteiger partial charge is 0.149 e. The summed E-state index contributed by atoms with van der Waals surface area (Å²) in [5.41, 5.74) is 0.414. The molecule has 1 rings (SSSR count). The Morgan fingerprint density at radius 3 is 2.45 bits per heavy atom. The van der Waals surface area contributed by atoms with E-state index in [9.17, 15) is 8.78 Å². The molecular weight excluding hydrogens is 266 g/mol. The van der Waals surface area contributed by atoms with Crippen LogP contribution in [0.25, 0.3) is 0 Å². The molecule has 0 aromatic heterocycles. The molecule has 0 aliphatic carbocycles. The maximum Gasteiger partial charge on any atom is 0.149 e. The number of hydrogen-bond acceptors (Lipinski definition) is 4. The van der Waals surface area contributed by atoms with Crippen LogP contribution in [-0.2, 0) is 11.3 Å². The summed E-state index contributed by atoms with van der Waals surface area (Å²) in [7, 11) is 3.15. The highest BCUT2D eigenvalue weighted by Crippen LogP contribution is 2.25. The summed E-state index contributed by atoms with van der Waals surface area (Å²) in [4.78, 5) is 1.40. The number of aliphatic hydroxyl groups is 1. The molecule has 0 bridgehead atoms. The van der Waals surface area contributed by atoms with Crippen molar-refractivity contribution in [3.8, 4) is 0 Å². The quantitative estimate of drug-likeness (QED) is 0.712. The molecule has 0 fully saturated rings. The van der Waals surface area contributed by atoms with Gasteiger partial charge in [-0.1, -0.05) is 0 Å². The number of benzene rings is 1. The predicted molar refractivity (Wildman–Crippen MR) is 74.9 cm³/mol. The van der Waals surface area contributed by atoms with E-state index in [4.69, 9.17) is 9.84 Å². The van der Waals surface area contributed by atoms with Crippen molar-refractivity contribution in [3.05, 3.63) is 29.3 Å². The van der Waals surface area contributed by atoms with E-state index in [0.717, 1.165) is 0 Å². The summed E-state index contributed by atoms with van der Waals surface area (Å²) in [6.45, 7) is 3.05. The number of likely N-dealkylation sites (N-methyl/N-ethyl adjacent to an activating group) is 1. The third-order valence-electron chi connectivity index (χ3n) is 3.17. The molecule has 0 aliphatic rings. The van der Waals surface area contributed by atoms with Crippen LogP contribution in [0.3, 0.4) is 0 Å². The van der Waals surface area contributed by atoms with Crippen LogP contribution in [0.2, 0.25) is 0 Å². The molecule has 0 saturated carbocycles. The predicted octanol–water partition coefficient (Wildman–Crippen LogP) is 1.52. The van der Waals surface area contributed by atoms with Crippen LogP contribution < -0.4 is 10.2 Å². The Morgan fingerprint density at radius 2 is 1.95 bits per heavy atom. The Labute approximate surface area is 118 Å². The van der Waals surface area contributed by atoms with Crippen LogP contribution in [0.1, 0.15) is 12.5 Å². The van der Waals surface area contributed by atoms with Crippen LogP contribution in [0, 0.1) is 11.6 Å². The van der Waals surface area contributed by atoms with Crippen molar-refractivity contribution in [3.63, 3.8) is 0 Å². The zero-order valence-electron chi connectivity index (χ0n) is 12.1. The van der Waals surface area contributed by atoms with Gasteiger partial charge < -0.3 is 20.1 Å². The SMILES string of the molecule is COCCNCc1cc(F)c(N(C)C(C)CO)c(F)c1. The second-order valence-corrected chi connectivity index (χ2v) is 4.72. The van der Waals surface area contributed by atoms with Gasteiger partial charge in [-0.2, -0.15) is 0 Å². The van der Waals surface area contributed by atoms with Gasteiger partial charge in [0.25, 0.3) is 0 Å². The van der Waals surface area contributed by atoms with Crippen molar-refractivity contribution >= 4 is 5.69 Å². The molecule has 1 atom stereocenters. The molecule has 0 aliphatic heterocycles. The largest absolute Gasteiger partial charge is 0.394 e. The van der Waals surface area contributed by atoms with Crippen LogP contribution in [0.15, 0.2) is 12.1 Å². The van der Waals surface area contributed by atoms with Gasteiger partial charge in [0.1, 0.15) is 17.3 Å². The molecule has 0 spiro atoms. The first-order chi connectivity index (χ1) is 9.51. The third kappa shape index (κ3) is 4.40. The minimum absolute atomic E-state index is 0.118. The summed E-state index contributed by atoms with van der Waals surface area (Å²) in [5.74, 6) is -1.26. The van der Waals surface area contributed by atoms with Crippen molar-refractivity contribution in [2.75, 3.05) is 38.8 Å². The summed E-state index contributed by atoms with van der Waals surface area (Å²) in [5, 5.41) is 12.1. The van der Waals surface area contributed by atoms with Crippen LogP contribution >= 0.6 is 0 Å². The van der Waals surface area contributed by atoms with Gasteiger partial charge in [0.2, 0.25) is 0 Å². The molecule has 2 N–H and O–H groups in total. The molecule has 114 valence electrons. The van der Waals surface area contributed by atoms with Crippen molar-refractivity contribution in [2.24, 2.45) is 0 Å². The van der Waals surface area contributed by atoms with E-state index in [0.29, 0.717) is 25.3 Å². The van der Waals surface area contributed by atoms with E-state index in [2.05, 4.69) is 5.32 Å². The molecular formula is C14H22F2N2O2. The number of hydrogen-bond donors (Lipinski definition) is 2. The Morgan fingerprint density at radius 1 is 1.35 bits per heavy atom. The van der Waals surface area contributed by atoms with E-state index >= 15 is 0 Å². The highest BCUT2D eigenvalue weighted by molar-refractivity contribution is 5.50. The lowest BCUT2D eigenvalue weighted by molar-refractivity contribution is 0.199. The monoisotopic (exact) mass is 288 g/mol. The van der Waals surface area contributed by atoms with E-state index < -0.39 is 11.6 Å². The number of halogens is 2. The lowest BCUT2D eigenvalue weighted by atomic mass is 10.1. The van der Waals surface area contributed by atoms with Crippen LogP contribution in [-0.4, -0.2) is 45.1 Å². The summed E-state index contributed by atoms with van der Waals surface area (Å²) < 4.78 is 32.9. The molecule has 1 aromatic carbocycles. The molecule has 1 aromatic rings. The standard InChI is InChI=1S/C14H22F2N2O2/c1-10(9-19)18(2)14-12(15)6-11(7-13(14)16)8-17-4-5-20-3/h6-7,10,17,19H,4-5,8-9H2,1-3H3. The number of nitrogens with zero attached hydrogens (tertiary/aromatic N) is 1. The van der Waals surface area contributed by atoms with Gasteiger partial charge in [-0.05, 0) is 24.6 Å². The number of aliphatic hydroxyl groups excluding tert-OH is 1. The van der Waals surface area contributed by atoms with Crippen molar-refractivity contribution in [2.45, 2.75) is 19.5 Å². The normalized spacial score (nSPS) is 12.5. The molecule has 0 saturated heterocycles. The van der Waals surface area contributed by atoms with Gasteiger partial charge in [0.15, 0.2) is 0 Å². The third-order valence-corrected chi connectivity index (χ3v) is 3.17. The lowest BCUT2D eigenvalue weighted by Gasteiger charge is -2.26. The van der Waals surface area contributed by atoms with Gasteiger partial charge >= 0.3 is 0 Å². The highest BCUT2D eigenvalue weighted by Gasteiger charge is 2.18. The molecule has 0 amide bonds. The van der Waals surface area contributed by atoms with Crippen molar-refractivity contribution < 1.29 is 18.6 Å². The van der Waals surface area contributed by atoms with Gasteiger partial charge in [0, 0.05) is 33.3 Å². The highest BCUT2D eigenvalue weighted by atomic mass is 19.1. The maximum absolute atomic E-state index is 14.0. The zero-order valence-corrected chi connectivity index (χ0v) is 12.1. The fraction of sp³-hybridized carbons (Fsp3) is 0.571. The average molecular weight is 288 g/mol. The Hall–Kier alpha value is -1.24. The number of ether oxygens (including phenoxy) is 1. The van der Waals surface area contributed by atoms with Gasteiger partial charge in [-0.3, -0.25) is 0 Å². The van der Waals surface area contributed by atoms with Gasteiger partial charge in [-0.15, -0.1) is 0 Å². The number of nitrogens with one attached hydrogen (secondary N) is 1. The van der Waals surface area contributed by atoms with E-state index in [-0.39, 0.29) is 18.3 Å². The van der Waals surface area contributed by atoms with Crippen LogP contribution in [0.4, 0.5) is 14.5 Å². The van der Waals surface area contributed by atoms with Gasteiger partial charge in [-0.25, -0.2) is 8.78 Å². The fourth-order valence-electron chi connectivity index (χ4n) is 1.81. The molecule has 1 unspecified atom stereocenters. The average Bonchev–Trinajstić information content (AvgIpc) is 2.41. The number of rotatable bonds is 8. The molecule has 4 nitrogen and oxygen atoms in total. The Bertz CT molecular complexity index is 407. The second-order valence-electron chi connectivity index (χ2n) is 4.72. The summed E-state index contributed by atoms with van der Waals surface area (Å²) in [6, 6.07) is 2.25. The minimum atomic E-state index is -0.628. The first kappa shape index (κ1) is 16.8. The molecule has 0 heterocycles. The van der Waals surface area contributed by atoms with Crippen molar-refractivity contribution in [1.82, 2.24) is 5.32 Å². The fourth-order valence-corrected chi connectivity index (χ4v) is 1.81. The summed E-state index contributed by atoms with van der Waals surface area (Å²) in [6.07, 6.45) is 0. The topological polar surface area (TPSA) is 44.7 Å². The van der Waals surface area contributed by atoms with Gasteiger partial charge in [0.05, 0.1) is 13.2 Å². The maximum atomic E-state index is 14.0. The van der Waals surface area contributed by atoms with Crippen molar-refractivity contribution in [1.29, 1.82) is 0 Å². The summed E-state index contributed by atoms with van der Waals surface area (Å²) >= 11 is 0. The molecule has 0 radical (unpaired) electrons.